The van der Waals surface area contributed by atoms with Crippen molar-refractivity contribution in [3.63, 3.8) is 0 Å². The van der Waals surface area contributed by atoms with Crippen LogP contribution in [0.2, 0.25) is 6.32 Å². The molecule has 0 aliphatic carbocycles. The zero-order valence-corrected chi connectivity index (χ0v) is 29.1. The summed E-state index contributed by atoms with van der Waals surface area (Å²) in [7, 11) is 0.830. The molecule has 1 aliphatic heterocycles. The topological polar surface area (TPSA) is 88.0 Å². The van der Waals surface area contributed by atoms with Crippen LogP contribution >= 0.6 is 0 Å². The molecule has 50 heavy (non-hydrogen) atoms. The fraction of sp³-hybridized carbons (Fsp3) is 0.333. The van der Waals surface area contributed by atoms with Crippen LogP contribution in [0.4, 0.5) is 8.78 Å². The van der Waals surface area contributed by atoms with Crippen molar-refractivity contribution in [2.75, 3.05) is 13.7 Å². The number of carbonyl (C=O) groups excluding carboxylic acids is 2. The first-order valence-electron chi connectivity index (χ1n) is 17.0. The van der Waals surface area contributed by atoms with Gasteiger partial charge in [0.05, 0.1) is 32.3 Å². The van der Waals surface area contributed by atoms with E-state index in [0.29, 0.717) is 58.7 Å². The highest BCUT2D eigenvalue weighted by atomic mass is 19.1. The molecule has 3 aromatic carbocycles. The Balaban J connectivity index is 1.66. The second-order valence-electron chi connectivity index (χ2n) is 12.4. The fourth-order valence-corrected chi connectivity index (χ4v) is 6.24. The van der Waals surface area contributed by atoms with Crippen molar-refractivity contribution in [3.05, 3.63) is 107 Å². The van der Waals surface area contributed by atoms with E-state index in [9.17, 15) is 18.4 Å². The highest BCUT2D eigenvalue weighted by Crippen LogP contribution is 2.43. The van der Waals surface area contributed by atoms with Gasteiger partial charge in [0.15, 0.2) is 0 Å². The Morgan fingerprint density at radius 3 is 2.24 bits per heavy atom. The molecule has 1 aliphatic rings. The Hall–Kier alpha value is -4.74. The Kier molecular flexibility index (Phi) is 12.3. The highest BCUT2D eigenvalue weighted by Gasteiger charge is 2.34. The quantitative estimate of drug-likeness (QED) is 0.113. The number of rotatable bonds is 13. The summed E-state index contributed by atoms with van der Waals surface area (Å²) < 4.78 is 53.2. The highest BCUT2D eigenvalue weighted by molar-refractivity contribution is 6.44. The van der Waals surface area contributed by atoms with Gasteiger partial charge < -0.3 is 28.7 Å². The number of methoxy groups -OCH3 is 1. The fourth-order valence-electron chi connectivity index (χ4n) is 6.24. The predicted octanol–water partition coefficient (Wildman–Crippen LogP) is 8.27. The molecule has 1 saturated heterocycles. The maximum absolute atomic E-state index is 14.4. The maximum Gasteiger partial charge on any atom is 0.457 e. The van der Waals surface area contributed by atoms with Crippen molar-refractivity contribution in [2.45, 2.75) is 71.7 Å². The normalized spacial score (nSPS) is 16.2. The third-order valence-electron chi connectivity index (χ3n) is 8.49. The summed E-state index contributed by atoms with van der Waals surface area (Å²) in [6, 6.07) is 19.4. The molecule has 0 spiro atoms. The van der Waals surface area contributed by atoms with Crippen LogP contribution in [0, 0.1) is 11.6 Å². The van der Waals surface area contributed by atoms with Gasteiger partial charge in [0, 0.05) is 35.8 Å². The largest absolute Gasteiger partial charge is 0.494 e. The van der Waals surface area contributed by atoms with Crippen LogP contribution in [0.3, 0.4) is 0 Å². The first kappa shape index (κ1) is 36.5. The molecule has 0 saturated carbocycles. The van der Waals surface area contributed by atoms with Crippen LogP contribution in [-0.2, 0) is 25.4 Å². The van der Waals surface area contributed by atoms with Crippen molar-refractivity contribution in [1.29, 1.82) is 0 Å². The second-order valence-corrected chi connectivity index (χ2v) is 12.4. The number of esters is 1. The number of aromatic nitrogens is 1. The Morgan fingerprint density at radius 2 is 1.64 bits per heavy atom. The molecule has 1 N–H and O–H groups in total. The van der Waals surface area contributed by atoms with E-state index >= 15 is 0 Å². The van der Waals surface area contributed by atoms with Crippen LogP contribution in [0.1, 0.15) is 68.3 Å². The number of nitrogens with one attached hydrogen (secondary N) is 1. The third kappa shape index (κ3) is 8.70. The SMILES string of the molecule is CCOc1cccc(CNC(=O)c2c(-c3ccc(F)cc3)c(-c3ccc(F)cc3)c(C=CC3CC(CC(=O)OC)OB(CC)O3)n2C(C)C)c1. The lowest BCUT2D eigenvalue weighted by Gasteiger charge is -2.32. The molecular weight excluding hydrogens is 641 g/mol. The third-order valence-corrected chi connectivity index (χ3v) is 8.49. The van der Waals surface area contributed by atoms with Gasteiger partial charge in [-0.15, -0.1) is 0 Å². The van der Waals surface area contributed by atoms with E-state index < -0.39 is 31.0 Å². The molecule has 2 unspecified atom stereocenters. The average Bonchev–Trinajstić information content (AvgIpc) is 3.46. The van der Waals surface area contributed by atoms with E-state index in [1.807, 2.05) is 68.7 Å². The number of amides is 1. The Labute approximate surface area is 292 Å². The molecule has 0 radical (unpaired) electrons. The standard InChI is InChI=1S/C39H43BF2N2O6/c1-6-40-49-32(22-33(50-40)23-35(45)47-5)19-20-34-36(27-11-15-29(41)16-12-27)37(28-13-17-30(42)18-14-28)38(44(34)25(3)4)39(46)43-24-26-9-8-10-31(21-26)48-7-2/h8-21,25,32-33H,6-7,22-24H2,1-5H3,(H,43,46). The number of carbonyl (C=O) groups is 2. The average molecular weight is 685 g/mol. The van der Waals surface area contributed by atoms with Crippen LogP contribution in [-0.4, -0.2) is 49.5 Å². The van der Waals surface area contributed by atoms with Crippen LogP contribution in [0.25, 0.3) is 28.3 Å². The minimum atomic E-state index is -0.515. The predicted molar refractivity (Wildman–Crippen MR) is 191 cm³/mol. The molecule has 1 fully saturated rings. The first-order valence-corrected chi connectivity index (χ1v) is 17.0. The van der Waals surface area contributed by atoms with Crippen molar-refractivity contribution in [2.24, 2.45) is 0 Å². The number of hydrogen-bond donors (Lipinski definition) is 1. The van der Waals surface area contributed by atoms with E-state index in [0.717, 1.165) is 5.56 Å². The summed E-state index contributed by atoms with van der Waals surface area (Å²) in [6.07, 6.45) is 4.09. The van der Waals surface area contributed by atoms with Gasteiger partial charge in [-0.2, -0.15) is 0 Å². The molecule has 4 aromatic rings. The second kappa shape index (κ2) is 16.8. The zero-order valence-electron chi connectivity index (χ0n) is 29.1. The molecule has 0 bridgehead atoms. The molecule has 11 heteroatoms. The number of nitrogens with zero attached hydrogens (tertiary/aromatic N) is 1. The minimum absolute atomic E-state index is 0.0937. The lowest BCUT2D eigenvalue weighted by atomic mass is 9.82. The van der Waals surface area contributed by atoms with Crippen molar-refractivity contribution < 1.29 is 37.2 Å². The Bertz CT molecular complexity index is 1810. The maximum atomic E-state index is 14.4. The van der Waals surface area contributed by atoms with Crippen molar-refractivity contribution >= 4 is 25.1 Å². The van der Waals surface area contributed by atoms with E-state index in [2.05, 4.69) is 5.32 Å². The van der Waals surface area contributed by atoms with Gasteiger partial charge in [-0.25, -0.2) is 8.78 Å². The van der Waals surface area contributed by atoms with Gasteiger partial charge in [-0.05, 0) is 86.3 Å². The molecule has 8 nitrogen and oxygen atoms in total. The minimum Gasteiger partial charge on any atom is -0.494 e. The molecule has 2 atom stereocenters. The summed E-state index contributed by atoms with van der Waals surface area (Å²) in [6.45, 7) is 8.56. The van der Waals surface area contributed by atoms with Crippen molar-refractivity contribution in [1.82, 2.24) is 9.88 Å². The molecule has 262 valence electrons. The van der Waals surface area contributed by atoms with Gasteiger partial charge in [-0.3, -0.25) is 9.59 Å². The number of ether oxygens (including phenoxy) is 2. The first-order chi connectivity index (χ1) is 24.1. The number of benzene rings is 3. The number of halogens is 2. The van der Waals surface area contributed by atoms with Gasteiger partial charge in [-0.1, -0.05) is 49.4 Å². The molecule has 1 aromatic heterocycles. The molecule has 1 amide bonds. The monoisotopic (exact) mass is 684 g/mol. The van der Waals surface area contributed by atoms with Gasteiger partial charge in [0.1, 0.15) is 23.1 Å². The van der Waals surface area contributed by atoms with E-state index in [1.165, 1.54) is 31.4 Å². The van der Waals surface area contributed by atoms with Gasteiger partial charge >= 0.3 is 13.1 Å². The zero-order chi connectivity index (χ0) is 35.8. The smallest absolute Gasteiger partial charge is 0.457 e. The summed E-state index contributed by atoms with van der Waals surface area (Å²) >= 11 is 0. The molecule has 2 heterocycles. The Morgan fingerprint density at radius 1 is 0.980 bits per heavy atom. The van der Waals surface area contributed by atoms with Crippen LogP contribution < -0.4 is 10.1 Å². The summed E-state index contributed by atoms with van der Waals surface area (Å²) in [5.74, 6) is -0.815. The summed E-state index contributed by atoms with van der Waals surface area (Å²) in [5.41, 5.74) is 4.46. The van der Waals surface area contributed by atoms with E-state index in [4.69, 9.17) is 18.8 Å². The van der Waals surface area contributed by atoms with Gasteiger partial charge in [0.2, 0.25) is 0 Å². The lowest BCUT2D eigenvalue weighted by Crippen LogP contribution is -2.41. The number of hydrogen-bond acceptors (Lipinski definition) is 6. The van der Waals surface area contributed by atoms with E-state index in [1.54, 1.807) is 24.3 Å². The van der Waals surface area contributed by atoms with E-state index in [-0.39, 0.29) is 30.9 Å². The van der Waals surface area contributed by atoms with Crippen LogP contribution in [0.5, 0.6) is 5.75 Å². The lowest BCUT2D eigenvalue weighted by molar-refractivity contribution is -0.143. The molecule has 5 rings (SSSR count). The summed E-state index contributed by atoms with van der Waals surface area (Å²) in [5, 5.41) is 3.09. The van der Waals surface area contributed by atoms with Gasteiger partial charge in [0.25, 0.3) is 5.91 Å². The molecular formula is C39H43BF2N2O6. The summed E-state index contributed by atoms with van der Waals surface area (Å²) in [4.78, 5) is 26.5. The van der Waals surface area contributed by atoms with Crippen molar-refractivity contribution in [3.8, 4) is 28.0 Å². The van der Waals surface area contributed by atoms with Crippen LogP contribution in [0.15, 0.2) is 78.9 Å².